The lowest BCUT2D eigenvalue weighted by atomic mass is 10.1. The van der Waals surface area contributed by atoms with E-state index >= 15 is 0 Å². The van der Waals surface area contributed by atoms with Crippen molar-refractivity contribution in [2.24, 2.45) is 0 Å². The molecule has 0 aliphatic carbocycles. The summed E-state index contributed by atoms with van der Waals surface area (Å²) < 4.78 is 13.8. The van der Waals surface area contributed by atoms with Gasteiger partial charge in [-0.3, -0.25) is 24.0 Å². The number of benzene rings is 1. The molecule has 2 aromatic rings. The van der Waals surface area contributed by atoms with Crippen LogP contribution in [-0.2, 0) is 14.4 Å². The number of ketones is 1. The van der Waals surface area contributed by atoms with E-state index in [0.717, 1.165) is 4.57 Å². The summed E-state index contributed by atoms with van der Waals surface area (Å²) in [7, 11) is 0. The molecule has 0 bridgehead atoms. The number of carboxylic acid groups (broad SMARTS) is 1. The van der Waals surface area contributed by atoms with Crippen molar-refractivity contribution in [1.29, 1.82) is 0 Å². The highest BCUT2D eigenvalue weighted by molar-refractivity contribution is 6.40. The van der Waals surface area contributed by atoms with Crippen LogP contribution in [0.25, 0.3) is 0 Å². The summed E-state index contributed by atoms with van der Waals surface area (Å²) in [6, 6.07) is 4.42. The molecule has 176 valence electrons. The second kappa shape index (κ2) is 11.6. The first-order valence-electron chi connectivity index (χ1n) is 9.68. The van der Waals surface area contributed by atoms with Crippen LogP contribution in [0.2, 0.25) is 10.0 Å². The van der Waals surface area contributed by atoms with Crippen molar-refractivity contribution in [2.75, 3.05) is 12.0 Å². The number of alkyl halides is 1. The van der Waals surface area contributed by atoms with Crippen LogP contribution >= 0.6 is 23.2 Å². The maximum absolute atomic E-state index is 12.9. The Bertz CT molecular complexity index is 1120. The molecule has 0 fully saturated rings. The van der Waals surface area contributed by atoms with E-state index in [1.165, 1.54) is 30.5 Å². The molecule has 12 heteroatoms. The first-order chi connectivity index (χ1) is 15.6. The van der Waals surface area contributed by atoms with Gasteiger partial charge in [0.15, 0.2) is 5.78 Å². The number of nitrogens with zero attached hydrogens (tertiary/aromatic N) is 1. The van der Waals surface area contributed by atoms with Crippen LogP contribution in [-0.4, -0.2) is 46.0 Å². The van der Waals surface area contributed by atoms with Crippen LogP contribution in [0.5, 0.6) is 0 Å². The number of halogens is 3. The van der Waals surface area contributed by atoms with Crippen LogP contribution in [0.4, 0.5) is 10.1 Å². The van der Waals surface area contributed by atoms with Gasteiger partial charge in [-0.05, 0) is 30.7 Å². The molecular weight excluding hydrogens is 480 g/mol. The van der Waals surface area contributed by atoms with E-state index in [1.807, 2.05) is 0 Å². The summed E-state index contributed by atoms with van der Waals surface area (Å²) in [6.45, 7) is 0.121. The number of Topliss-reactive ketones (excluding diaryl/α,β-unsaturated/α-hetero) is 1. The minimum atomic E-state index is -1.59. The summed E-state index contributed by atoms with van der Waals surface area (Å²) in [5.41, 5.74) is -0.962. The fourth-order valence-electron chi connectivity index (χ4n) is 3.04. The van der Waals surface area contributed by atoms with Crippen LogP contribution in [0.15, 0.2) is 41.3 Å². The van der Waals surface area contributed by atoms with Gasteiger partial charge in [-0.2, -0.15) is 0 Å². The number of aliphatic carboxylic acids is 1. The lowest BCUT2D eigenvalue weighted by Crippen LogP contribution is -2.47. The van der Waals surface area contributed by atoms with E-state index in [1.54, 1.807) is 13.0 Å². The van der Waals surface area contributed by atoms with Crippen molar-refractivity contribution >= 4 is 52.5 Å². The van der Waals surface area contributed by atoms with Crippen molar-refractivity contribution in [1.82, 2.24) is 9.88 Å². The number of amides is 2. The topological polar surface area (TPSA) is 135 Å². The highest BCUT2D eigenvalue weighted by Crippen LogP contribution is 2.25. The molecule has 1 unspecified atom stereocenters. The van der Waals surface area contributed by atoms with Gasteiger partial charge in [0.25, 0.3) is 11.5 Å². The lowest BCUT2D eigenvalue weighted by molar-refractivity contribution is -0.140. The third-order valence-corrected chi connectivity index (χ3v) is 5.28. The summed E-state index contributed by atoms with van der Waals surface area (Å²) >= 11 is 12.0. The molecule has 33 heavy (non-hydrogen) atoms. The molecule has 2 atom stereocenters. The Morgan fingerprint density at radius 3 is 2.30 bits per heavy atom. The summed E-state index contributed by atoms with van der Waals surface area (Å²) in [6.07, 6.45) is 0.551. The van der Waals surface area contributed by atoms with Crippen molar-refractivity contribution in [2.45, 2.75) is 31.8 Å². The van der Waals surface area contributed by atoms with Gasteiger partial charge in [-0.15, -0.1) is 0 Å². The Morgan fingerprint density at radius 1 is 1.12 bits per heavy atom. The monoisotopic (exact) mass is 499 g/mol. The number of hydrogen-bond donors (Lipinski definition) is 3. The van der Waals surface area contributed by atoms with Gasteiger partial charge in [0, 0.05) is 6.20 Å². The maximum atomic E-state index is 12.9. The molecule has 1 aromatic carbocycles. The van der Waals surface area contributed by atoms with E-state index in [0.29, 0.717) is 0 Å². The second-order valence-electron chi connectivity index (χ2n) is 6.87. The number of carbonyl (C=O) groups is 4. The molecule has 2 rings (SSSR count). The van der Waals surface area contributed by atoms with Crippen LogP contribution in [0.3, 0.4) is 0 Å². The average Bonchev–Trinajstić information content (AvgIpc) is 2.75. The van der Waals surface area contributed by atoms with Gasteiger partial charge in [-0.25, -0.2) is 4.39 Å². The Hall–Kier alpha value is -3.24. The smallest absolute Gasteiger partial charge is 0.305 e. The normalized spacial score (nSPS) is 12.5. The molecule has 0 aliphatic rings. The van der Waals surface area contributed by atoms with E-state index in [2.05, 4.69) is 10.6 Å². The molecule has 2 amide bonds. The molecule has 0 saturated heterocycles. The zero-order valence-electron chi connectivity index (χ0n) is 17.3. The molecule has 3 N–H and O–H groups in total. The van der Waals surface area contributed by atoms with Gasteiger partial charge in [-0.1, -0.05) is 36.2 Å². The number of nitrogens with one attached hydrogen (secondary N) is 2. The Morgan fingerprint density at radius 2 is 1.76 bits per heavy atom. The van der Waals surface area contributed by atoms with E-state index in [-0.39, 0.29) is 27.7 Å². The number of rotatable bonds is 10. The third kappa shape index (κ3) is 6.39. The van der Waals surface area contributed by atoms with Gasteiger partial charge >= 0.3 is 5.97 Å². The average molecular weight is 500 g/mol. The fourth-order valence-corrected chi connectivity index (χ4v) is 3.61. The molecule has 0 aliphatic heterocycles. The van der Waals surface area contributed by atoms with Gasteiger partial charge in [0.2, 0.25) is 5.91 Å². The maximum Gasteiger partial charge on any atom is 0.305 e. The molecule has 9 nitrogen and oxygen atoms in total. The molecule has 1 heterocycles. The van der Waals surface area contributed by atoms with Crippen molar-refractivity contribution in [3.8, 4) is 0 Å². The number of carbonyl (C=O) groups excluding carboxylic acids is 3. The molecule has 1 aromatic heterocycles. The van der Waals surface area contributed by atoms with Crippen molar-refractivity contribution in [3.05, 3.63) is 62.5 Å². The first-order valence-corrected chi connectivity index (χ1v) is 10.4. The number of pyridine rings is 1. The lowest BCUT2D eigenvalue weighted by Gasteiger charge is -2.22. The molecule has 0 spiro atoms. The first kappa shape index (κ1) is 26.0. The van der Waals surface area contributed by atoms with E-state index in [4.69, 9.17) is 28.3 Å². The largest absolute Gasteiger partial charge is 0.481 e. The third-order valence-electron chi connectivity index (χ3n) is 4.65. The molecule has 0 radical (unpaired) electrons. The number of anilines is 1. The van der Waals surface area contributed by atoms with Gasteiger partial charge in [0.05, 0.1) is 22.0 Å². The van der Waals surface area contributed by atoms with Crippen LogP contribution < -0.4 is 16.2 Å². The fraction of sp³-hybridized carbons (Fsp3) is 0.286. The zero-order chi connectivity index (χ0) is 24.7. The van der Waals surface area contributed by atoms with E-state index < -0.39 is 54.3 Å². The minimum Gasteiger partial charge on any atom is -0.481 e. The zero-order valence-corrected chi connectivity index (χ0v) is 18.8. The number of hydrogen-bond acceptors (Lipinski definition) is 5. The molecule has 0 saturated carbocycles. The summed E-state index contributed by atoms with van der Waals surface area (Å²) in [5.74, 6) is -4.11. The Labute approximate surface area is 197 Å². The minimum absolute atomic E-state index is 0.0401. The summed E-state index contributed by atoms with van der Waals surface area (Å²) in [5, 5.41) is 13.6. The van der Waals surface area contributed by atoms with Gasteiger partial charge < -0.3 is 20.3 Å². The highest BCUT2D eigenvalue weighted by atomic mass is 35.5. The Balaban J connectivity index is 2.32. The highest BCUT2D eigenvalue weighted by Gasteiger charge is 2.28. The number of aromatic nitrogens is 1. The van der Waals surface area contributed by atoms with Gasteiger partial charge in [0.1, 0.15) is 24.4 Å². The standard InChI is InChI=1S/C21H20Cl2FN3O6/c1-2-15(19(31)26-14(9-17(29)30)16(28)10-24)27-8-4-7-13(21(27)33)25-20(32)18-11(22)5-3-6-12(18)23/h3-8,14-15H,2,9-10H2,1H3,(H,25,32)(H,26,31)(H,29,30)/t14?,15-/m1/s1. The Kier molecular flexibility index (Phi) is 9.12. The number of carboxylic acids is 1. The van der Waals surface area contributed by atoms with Crippen molar-refractivity contribution in [3.63, 3.8) is 0 Å². The predicted octanol–water partition coefficient (Wildman–Crippen LogP) is 2.86. The summed E-state index contributed by atoms with van der Waals surface area (Å²) in [4.78, 5) is 60.9. The second-order valence-corrected chi connectivity index (χ2v) is 7.68. The van der Waals surface area contributed by atoms with Crippen LogP contribution in [0, 0.1) is 0 Å². The van der Waals surface area contributed by atoms with E-state index in [9.17, 15) is 28.4 Å². The van der Waals surface area contributed by atoms with Crippen LogP contribution in [0.1, 0.15) is 36.2 Å². The predicted molar refractivity (Wildman–Crippen MR) is 120 cm³/mol. The quantitative estimate of drug-likeness (QED) is 0.459. The van der Waals surface area contributed by atoms with Crippen molar-refractivity contribution < 1.29 is 28.7 Å². The molecular formula is C21H20Cl2FN3O6. The SMILES string of the molecule is CC[C@H](C(=O)NC(CC(=O)O)C(=O)CF)n1cccc(NC(=O)c2c(Cl)cccc2Cl)c1=O.